The topological polar surface area (TPSA) is 772 Å². The number of aliphatic hydroxyl groups is 28. The van der Waals surface area contributed by atoms with E-state index in [-0.39, 0.29) is 19.4 Å². The summed E-state index contributed by atoms with van der Waals surface area (Å²) in [5, 5.41) is 311. The van der Waals surface area contributed by atoms with E-state index in [9.17, 15) is 143 Å². The molecule has 0 saturated carbocycles. The van der Waals surface area contributed by atoms with Gasteiger partial charge in [-0.15, -0.1) is 0 Å². The van der Waals surface area contributed by atoms with E-state index < -0.39 is 336 Å². The first-order valence-electron chi connectivity index (χ1n) is 35.1. The van der Waals surface area contributed by atoms with Crippen LogP contribution in [0.4, 0.5) is 0 Å². The van der Waals surface area contributed by atoms with Crippen LogP contribution in [0.5, 0.6) is 0 Å². The van der Waals surface area contributed by atoms with Gasteiger partial charge in [-0.2, -0.15) is 0 Å². The zero-order chi connectivity index (χ0) is 79.0. The van der Waals surface area contributed by atoms with Crippen LogP contribution in [0.15, 0.2) is 5.11 Å². The molecule has 0 bridgehead atoms. The van der Waals surface area contributed by atoms with Crippen LogP contribution in [-0.4, -0.2) is 485 Å². The molecular formula is C60H103N3O45. The molecule has 9 heterocycles. The predicted octanol–water partition coefficient (Wildman–Crippen LogP) is -17.3. The van der Waals surface area contributed by atoms with Gasteiger partial charge in [0.1, 0.15) is 220 Å². The lowest BCUT2D eigenvalue weighted by molar-refractivity contribution is -0.401. The molecule has 108 heavy (non-hydrogen) atoms. The molecule has 0 amide bonds. The quantitative estimate of drug-likeness (QED) is 0.0129. The summed E-state index contributed by atoms with van der Waals surface area (Å²) in [6.07, 6.45) is -90.9. The van der Waals surface area contributed by atoms with Crippen molar-refractivity contribution in [1.29, 1.82) is 0 Å². The number of unbranched alkanes of at least 4 members (excludes halogenated alkanes) is 3. The van der Waals surface area contributed by atoms with Crippen molar-refractivity contribution in [3.63, 3.8) is 0 Å². The molecule has 48 heteroatoms. The van der Waals surface area contributed by atoms with Gasteiger partial charge in [0.25, 0.3) is 0 Å². The van der Waals surface area contributed by atoms with Crippen molar-refractivity contribution in [2.24, 2.45) is 5.11 Å². The molecule has 9 saturated heterocycles. The third kappa shape index (κ3) is 19.8. The van der Waals surface area contributed by atoms with E-state index in [1.165, 1.54) is 0 Å². The molecule has 628 valence electrons. The highest BCUT2D eigenvalue weighted by molar-refractivity contribution is 5.02. The minimum atomic E-state index is -2.41. The Hall–Kier alpha value is -2.49. The number of ether oxygens (including phenoxy) is 17. The summed E-state index contributed by atoms with van der Waals surface area (Å²) in [5.74, 6) is 0. The van der Waals surface area contributed by atoms with Crippen molar-refractivity contribution in [3.05, 3.63) is 10.4 Å². The number of rotatable bonds is 32. The second-order valence-electron chi connectivity index (χ2n) is 27.6. The SMILES string of the molecule is [N-]=[N+]=NCCCCCCC1OC(COC2OC(COC3OC(CO)C(O)C(O)C3OC3OC(CO)C(O)C(O)C3O)C(O)C(OC3OC(CO)C(O)C(O)C3OC3OC(CO)C(O)C(O)C3O)C2O)C(O)C(OC2OC(CO)C(O)C(O)C2OC2OC(CO)C(O)C(O)C2OC2OC(CO)C(O)C(O)C2O)C1O. The summed E-state index contributed by atoms with van der Waals surface area (Å²) < 4.78 is 99.9. The molecule has 0 radical (unpaired) electrons. The van der Waals surface area contributed by atoms with Gasteiger partial charge in [-0.05, 0) is 18.4 Å². The van der Waals surface area contributed by atoms with Crippen LogP contribution in [0.3, 0.4) is 0 Å². The van der Waals surface area contributed by atoms with Gasteiger partial charge >= 0.3 is 0 Å². The van der Waals surface area contributed by atoms with Crippen molar-refractivity contribution in [2.45, 2.75) is 308 Å². The first kappa shape index (κ1) is 89.4. The number of hydrogen-bond acceptors (Lipinski definition) is 46. The Morgan fingerprint density at radius 1 is 0.231 bits per heavy atom. The maximum Gasteiger partial charge on any atom is 0.187 e. The molecule has 9 fully saturated rings. The van der Waals surface area contributed by atoms with Gasteiger partial charge in [-0.25, -0.2) is 0 Å². The Morgan fingerprint density at radius 2 is 0.491 bits per heavy atom. The lowest BCUT2D eigenvalue weighted by Crippen LogP contribution is -2.68. The predicted molar refractivity (Wildman–Crippen MR) is 332 cm³/mol. The monoisotopic (exact) mass is 1590 g/mol. The highest BCUT2D eigenvalue weighted by atomic mass is 16.8. The van der Waals surface area contributed by atoms with Gasteiger partial charge in [0.2, 0.25) is 0 Å². The first-order chi connectivity index (χ1) is 51.4. The summed E-state index contributed by atoms with van der Waals surface area (Å²) >= 11 is 0. The van der Waals surface area contributed by atoms with Crippen molar-refractivity contribution in [1.82, 2.24) is 0 Å². The van der Waals surface area contributed by atoms with Gasteiger partial charge in [0, 0.05) is 11.5 Å². The van der Waals surface area contributed by atoms with Crippen LogP contribution in [0.2, 0.25) is 0 Å². The number of aliphatic hydroxyl groups excluding tert-OH is 28. The van der Waals surface area contributed by atoms with Crippen LogP contribution >= 0.6 is 0 Å². The van der Waals surface area contributed by atoms with Crippen molar-refractivity contribution >= 4 is 0 Å². The zero-order valence-electron chi connectivity index (χ0n) is 57.4. The standard InChI is InChI=1S/C60H103N3O45/c61-63-62-6-4-2-1-3-5-16-33(78)47(103-59-52(42(87)32(77)22(12-69)100-59)108-60-51(41(86)31(76)23(13-70)101-60)107-56-45(90)38(83)28(73)19(9-66)97-56)34(79)24(94-16)14-92-53-46(91)48(104-58-50(40(85)30(75)21(11-68)99-58)106-55-44(89)37(82)27(72)18(8-65)96-55)35(80)25(102-53)15-93-57-49(39(84)29(74)20(10-67)98-57)105-54-43(88)36(81)26(71)17(7-64)95-54/h16-60,64-91H,1-15H2. The van der Waals surface area contributed by atoms with E-state index in [1.807, 2.05) is 0 Å². The Balaban J connectivity index is 1.03. The lowest BCUT2D eigenvalue weighted by Gasteiger charge is -2.50. The minimum absolute atomic E-state index is 0.114. The largest absolute Gasteiger partial charge is 0.394 e. The molecule has 9 aliphatic rings. The fourth-order valence-electron chi connectivity index (χ4n) is 13.9. The molecule has 9 rings (SSSR count). The zero-order valence-corrected chi connectivity index (χ0v) is 57.4. The first-order valence-corrected chi connectivity index (χ1v) is 35.1. The number of azide groups is 1. The Kier molecular flexibility index (Phi) is 33.4. The van der Waals surface area contributed by atoms with Crippen LogP contribution in [0, 0.1) is 0 Å². The van der Waals surface area contributed by atoms with Crippen molar-refractivity contribution in [2.75, 3.05) is 66.0 Å². The average Bonchev–Trinajstić information content (AvgIpc) is 0.771. The molecule has 45 unspecified atom stereocenters. The van der Waals surface area contributed by atoms with Crippen LogP contribution in [-0.2, 0) is 80.5 Å². The second-order valence-corrected chi connectivity index (χ2v) is 27.6. The van der Waals surface area contributed by atoms with E-state index >= 15 is 0 Å². The van der Waals surface area contributed by atoms with Gasteiger partial charge < -0.3 is 224 Å². The third-order valence-corrected chi connectivity index (χ3v) is 20.4. The molecule has 0 spiro atoms. The average molecular weight is 1590 g/mol. The Morgan fingerprint density at radius 3 is 0.843 bits per heavy atom. The molecule has 28 N–H and O–H groups in total. The molecule has 48 nitrogen and oxygen atoms in total. The van der Waals surface area contributed by atoms with E-state index in [0.29, 0.717) is 19.3 Å². The van der Waals surface area contributed by atoms with Gasteiger partial charge in [-0.1, -0.05) is 24.4 Å². The summed E-state index contributed by atoms with van der Waals surface area (Å²) in [6.45, 7) is -9.20. The minimum Gasteiger partial charge on any atom is -0.394 e. The van der Waals surface area contributed by atoms with Crippen LogP contribution in [0.25, 0.3) is 10.4 Å². The highest BCUT2D eigenvalue weighted by Gasteiger charge is 2.60. The fourth-order valence-corrected chi connectivity index (χ4v) is 13.9. The smallest absolute Gasteiger partial charge is 0.187 e. The van der Waals surface area contributed by atoms with Crippen LogP contribution in [0.1, 0.15) is 32.1 Å². The Labute approximate surface area is 612 Å². The molecule has 0 aromatic rings. The maximum absolute atomic E-state index is 12.5. The van der Waals surface area contributed by atoms with Gasteiger partial charge in [0.15, 0.2) is 50.3 Å². The summed E-state index contributed by atoms with van der Waals surface area (Å²) in [6, 6.07) is 0. The number of nitrogens with zero attached hydrogens (tertiary/aromatic N) is 3. The van der Waals surface area contributed by atoms with Crippen molar-refractivity contribution < 1.29 is 224 Å². The summed E-state index contributed by atoms with van der Waals surface area (Å²) in [4.78, 5) is 2.72. The van der Waals surface area contributed by atoms with E-state index in [4.69, 9.17) is 86.1 Å². The highest BCUT2D eigenvalue weighted by Crippen LogP contribution is 2.40. The van der Waals surface area contributed by atoms with Gasteiger partial charge in [-0.3, -0.25) is 0 Å². The van der Waals surface area contributed by atoms with Crippen molar-refractivity contribution in [3.8, 4) is 0 Å². The molecule has 0 aromatic heterocycles. The molecule has 9 aliphatic heterocycles. The Bertz CT molecular complexity index is 2720. The third-order valence-electron chi connectivity index (χ3n) is 20.4. The summed E-state index contributed by atoms with van der Waals surface area (Å²) in [5.41, 5.74) is 8.81. The van der Waals surface area contributed by atoms with E-state index in [2.05, 4.69) is 10.0 Å². The fraction of sp³-hybridized carbons (Fsp3) is 1.00. The lowest BCUT2D eigenvalue weighted by atomic mass is 9.91. The van der Waals surface area contributed by atoms with E-state index in [1.54, 1.807) is 0 Å². The second kappa shape index (κ2) is 40.4. The maximum atomic E-state index is 12.5. The van der Waals surface area contributed by atoms with Crippen LogP contribution < -0.4 is 0 Å². The molecular weight excluding hydrogens is 1480 g/mol. The normalized spacial score (nSPS) is 50.5. The molecule has 0 aromatic carbocycles. The molecule has 0 aliphatic carbocycles. The summed E-state index contributed by atoms with van der Waals surface area (Å²) in [7, 11) is 0. The molecule has 45 atom stereocenters. The van der Waals surface area contributed by atoms with E-state index in [0.717, 1.165) is 0 Å². The van der Waals surface area contributed by atoms with Gasteiger partial charge in [0.05, 0.1) is 65.6 Å². The number of hydrogen-bond donors (Lipinski definition) is 28.